The molecule has 0 aliphatic heterocycles. The number of non-ortho nitro benzene ring substituents is 1. The third-order valence-electron chi connectivity index (χ3n) is 1.80. The Kier molecular flexibility index (Phi) is 7.09. The summed E-state index contributed by atoms with van der Waals surface area (Å²) in [6, 6.07) is 5.04. The molecule has 1 aromatic carbocycles. The monoisotopic (exact) mass is 241 g/mol. The molecule has 0 aliphatic carbocycles. The highest BCUT2D eigenvalue weighted by atomic mass is 16.6. The van der Waals surface area contributed by atoms with Gasteiger partial charge in [-0.05, 0) is 18.6 Å². The number of nitrogens with zero attached hydrogens (tertiary/aromatic N) is 1. The van der Waals surface area contributed by atoms with E-state index in [1.807, 2.05) is 6.92 Å². The molecule has 0 atom stereocenters. The van der Waals surface area contributed by atoms with Gasteiger partial charge in [-0.15, -0.1) is 0 Å². The molecule has 0 fully saturated rings. The van der Waals surface area contributed by atoms with E-state index in [-0.39, 0.29) is 11.4 Å². The van der Waals surface area contributed by atoms with Crippen molar-refractivity contribution in [2.45, 2.75) is 26.2 Å². The number of benzene rings is 1. The molecular formula is C11H15NO5. The average Bonchev–Trinajstić information content (AvgIpc) is 2.27. The van der Waals surface area contributed by atoms with Gasteiger partial charge in [-0.3, -0.25) is 14.9 Å². The molecule has 0 bridgehead atoms. The van der Waals surface area contributed by atoms with Gasteiger partial charge in [0.05, 0.1) is 4.92 Å². The first kappa shape index (κ1) is 14.9. The summed E-state index contributed by atoms with van der Waals surface area (Å²) >= 11 is 0. The average molecular weight is 241 g/mol. The lowest BCUT2D eigenvalue weighted by Gasteiger charge is -1.89. The Morgan fingerprint density at radius 1 is 1.35 bits per heavy atom. The molecule has 17 heavy (non-hydrogen) atoms. The zero-order valence-corrected chi connectivity index (χ0v) is 9.50. The number of carboxylic acid groups (broad SMARTS) is 1. The van der Waals surface area contributed by atoms with Crippen LogP contribution < -0.4 is 0 Å². The number of nitro benzene ring substituents is 1. The fraction of sp³-hybridized carbons (Fsp3) is 0.364. The first-order chi connectivity index (χ1) is 7.97. The quantitative estimate of drug-likeness (QED) is 0.623. The van der Waals surface area contributed by atoms with Gasteiger partial charge < -0.3 is 10.2 Å². The second kappa shape index (κ2) is 8.09. The number of aliphatic carboxylic acids is 1. The van der Waals surface area contributed by atoms with Crippen LogP contribution >= 0.6 is 0 Å². The molecule has 94 valence electrons. The van der Waals surface area contributed by atoms with E-state index in [0.29, 0.717) is 6.42 Å². The molecule has 0 unspecified atom stereocenters. The second-order valence-corrected chi connectivity index (χ2v) is 3.27. The van der Waals surface area contributed by atoms with E-state index in [0.717, 1.165) is 12.8 Å². The second-order valence-electron chi connectivity index (χ2n) is 3.27. The van der Waals surface area contributed by atoms with Crippen LogP contribution in [0.4, 0.5) is 5.69 Å². The van der Waals surface area contributed by atoms with Crippen molar-refractivity contribution >= 4 is 11.7 Å². The van der Waals surface area contributed by atoms with Gasteiger partial charge in [0.2, 0.25) is 0 Å². The van der Waals surface area contributed by atoms with Crippen LogP contribution in [0.5, 0.6) is 5.75 Å². The third-order valence-corrected chi connectivity index (χ3v) is 1.80. The largest absolute Gasteiger partial charge is 0.508 e. The van der Waals surface area contributed by atoms with Crippen LogP contribution in [0, 0.1) is 10.1 Å². The molecule has 0 aromatic heterocycles. The summed E-state index contributed by atoms with van der Waals surface area (Å²) in [5.41, 5.74) is -0.0159. The number of phenolic OH excluding ortho intramolecular Hbond substituents is 1. The Morgan fingerprint density at radius 3 is 2.18 bits per heavy atom. The maximum absolute atomic E-state index is 10.0. The van der Waals surface area contributed by atoms with Crippen LogP contribution in [0.2, 0.25) is 0 Å². The summed E-state index contributed by atoms with van der Waals surface area (Å²) in [4.78, 5) is 19.3. The van der Waals surface area contributed by atoms with Crippen molar-refractivity contribution in [2.24, 2.45) is 0 Å². The minimum Gasteiger partial charge on any atom is -0.508 e. The minimum absolute atomic E-state index is 0.0159. The summed E-state index contributed by atoms with van der Waals surface area (Å²) in [6.07, 6.45) is 2.08. The predicted molar refractivity (Wildman–Crippen MR) is 61.9 cm³/mol. The van der Waals surface area contributed by atoms with Gasteiger partial charge in [0.1, 0.15) is 5.75 Å². The summed E-state index contributed by atoms with van der Waals surface area (Å²) in [5.74, 6) is -0.660. The first-order valence-electron chi connectivity index (χ1n) is 5.12. The van der Waals surface area contributed by atoms with Crippen LogP contribution in [0.15, 0.2) is 24.3 Å². The highest BCUT2D eigenvalue weighted by molar-refractivity contribution is 5.66. The molecule has 6 nitrogen and oxygen atoms in total. The molecule has 0 radical (unpaired) electrons. The maximum Gasteiger partial charge on any atom is 0.303 e. The Morgan fingerprint density at radius 2 is 1.88 bits per heavy atom. The van der Waals surface area contributed by atoms with Crippen molar-refractivity contribution in [2.75, 3.05) is 0 Å². The van der Waals surface area contributed by atoms with Crippen LogP contribution in [-0.4, -0.2) is 21.1 Å². The van der Waals surface area contributed by atoms with Crippen molar-refractivity contribution in [3.8, 4) is 5.75 Å². The molecule has 2 N–H and O–H groups in total. The van der Waals surface area contributed by atoms with E-state index in [1.54, 1.807) is 0 Å². The third kappa shape index (κ3) is 7.78. The van der Waals surface area contributed by atoms with Crippen LogP contribution in [-0.2, 0) is 4.79 Å². The van der Waals surface area contributed by atoms with E-state index < -0.39 is 10.9 Å². The van der Waals surface area contributed by atoms with Gasteiger partial charge in [0.15, 0.2) is 0 Å². The number of carboxylic acids is 1. The number of nitro groups is 1. The molecule has 0 spiro atoms. The highest BCUT2D eigenvalue weighted by Gasteiger charge is 2.01. The fourth-order valence-electron chi connectivity index (χ4n) is 0.902. The number of hydrogen-bond donors (Lipinski definition) is 2. The van der Waals surface area contributed by atoms with Gasteiger partial charge in [0.25, 0.3) is 5.69 Å². The molecule has 0 amide bonds. The zero-order valence-electron chi connectivity index (χ0n) is 9.50. The molecule has 1 aromatic rings. The molecule has 0 aliphatic rings. The molecule has 0 saturated carbocycles. The summed E-state index contributed by atoms with van der Waals surface area (Å²) in [7, 11) is 0. The van der Waals surface area contributed by atoms with E-state index in [4.69, 9.17) is 10.2 Å². The topological polar surface area (TPSA) is 101 Å². The van der Waals surface area contributed by atoms with Crippen molar-refractivity contribution in [1.29, 1.82) is 0 Å². The summed E-state index contributed by atoms with van der Waals surface area (Å²) in [6.45, 7) is 1.98. The Hall–Kier alpha value is -2.11. The fourth-order valence-corrected chi connectivity index (χ4v) is 0.902. The lowest BCUT2D eigenvalue weighted by Crippen LogP contribution is -1.91. The van der Waals surface area contributed by atoms with Crippen molar-refractivity contribution in [3.05, 3.63) is 34.4 Å². The zero-order chi connectivity index (χ0) is 13.3. The Balaban J connectivity index is 0.000000325. The van der Waals surface area contributed by atoms with Crippen molar-refractivity contribution < 1.29 is 19.9 Å². The Bertz CT molecular complexity index is 361. The van der Waals surface area contributed by atoms with E-state index >= 15 is 0 Å². The maximum atomic E-state index is 10.0. The van der Waals surface area contributed by atoms with Crippen molar-refractivity contribution in [1.82, 2.24) is 0 Å². The number of aromatic hydroxyl groups is 1. The summed E-state index contributed by atoms with van der Waals surface area (Å²) < 4.78 is 0. The molecule has 1 rings (SSSR count). The molecule has 0 saturated heterocycles. The number of rotatable bonds is 4. The standard InChI is InChI=1S/C6H5NO3.C5H10O2/c8-6-3-1-5(2-4-6)7(9)10;1-2-3-4-5(6)7/h1-4,8H;2-4H2,1H3,(H,6,7). The Labute approximate surface area is 98.7 Å². The van der Waals surface area contributed by atoms with Gasteiger partial charge in [-0.1, -0.05) is 13.3 Å². The van der Waals surface area contributed by atoms with Gasteiger partial charge in [0, 0.05) is 18.6 Å². The smallest absolute Gasteiger partial charge is 0.303 e. The number of hydrogen-bond acceptors (Lipinski definition) is 4. The normalized spacial score (nSPS) is 9.00. The lowest BCUT2D eigenvalue weighted by atomic mass is 10.3. The van der Waals surface area contributed by atoms with E-state index in [9.17, 15) is 14.9 Å². The lowest BCUT2D eigenvalue weighted by molar-refractivity contribution is -0.384. The summed E-state index contributed by atoms with van der Waals surface area (Å²) in [5, 5.41) is 26.8. The van der Waals surface area contributed by atoms with Gasteiger partial charge in [-0.25, -0.2) is 0 Å². The minimum atomic E-state index is -0.693. The van der Waals surface area contributed by atoms with Gasteiger partial charge in [-0.2, -0.15) is 0 Å². The van der Waals surface area contributed by atoms with E-state index in [2.05, 4.69) is 0 Å². The molecular weight excluding hydrogens is 226 g/mol. The first-order valence-corrected chi connectivity index (χ1v) is 5.12. The van der Waals surface area contributed by atoms with Crippen molar-refractivity contribution in [3.63, 3.8) is 0 Å². The van der Waals surface area contributed by atoms with E-state index in [1.165, 1.54) is 24.3 Å². The number of phenols is 1. The van der Waals surface area contributed by atoms with Gasteiger partial charge >= 0.3 is 5.97 Å². The molecule has 0 heterocycles. The number of carbonyl (C=O) groups is 1. The number of unbranched alkanes of at least 4 members (excludes halogenated alkanes) is 1. The van der Waals surface area contributed by atoms with Crippen LogP contribution in [0.3, 0.4) is 0 Å². The predicted octanol–water partition coefficient (Wildman–Crippen LogP) is 2.56. The van der Waals surface area contributed by atoms with Crippen LogP contribution in [0.1, 0.15) is 26.2 Å². The SMILES string of the molecule is CCCCC(=O)O.O=[N+]([O-])c1ccc(O)cc1. The molecule has 6 heteroatoms. The van der Waals surface area contributed by atoms with Crippen LogP contribution in [0.25, 0.3) is 0 Å². The highest BCUT2D eigenvalue weighted by Crippen LogP contribution is 2.14.